The van der Waals surface area contributed by atoms with E-state index in [-0.39, 0.29) is 16.9 Å². The van der Waals surface area contributed by atoms with Crippen LogP contribution in [0.2, 0.25) is 0 Å². The molecule has 1 unspecified atom stereocenters. The summed E-state index contributed by atoms with van der Waals surface area (Å²) < 4.78 is 0. The van der Waals surface area contributed by atoms with Gasteiger partial charge in [-0.2, -0.15) is 0 Å². The summed E-state index contributed by atoms with van der Waals surface area (Å²) in [6, 6.07) is 0. The zero-order valence-corrected chi connectivity index (χ0v) is 14.3. The standard InChI is InChI=1S/C17H33N3O/c1-16(2)8-6-5-7-14(16)15(21)19-9-11-20(12-10-19)17(3,4)13-18/h14H,5-13,18H2,1-4H3. The number of carbonyl (C=O) groups excluding carboxylic acids is 1. The second-order valence-corrected chi connectivity index (χ2v) is 8.12. The maximum Gasteiger partial charge on any atom is 0.226 e. The number of rotatable bonds is 3. The molecule has 0 aromatic carbocycles. The van der Waals surface area contributed by atoms with Crippen molar-refractivity contribution in [2.75, 3.05) is 32.7 Å². The third-order valence-electron chi connectivity index (χ3n) is 5.75. The molecule has 0 aromatic heterocycles. The van der Waals surface area contributed by atoms with Crippen LogP contribution in [-0.4, -0.2) is 54.0 Å². The molecule has 122 valence electrons. The fourth-order valence-electron chi connectivity index (χ4n) is 3.83. The highest BCUT2D eigenvalue weighted by Gasteiger charge is 2.40. The van der Waals surface area contributed by atoms with Crippen LogP contribution >= 0.6 is 0 Å². The highest BCUT2D eigenvalue weighted by Crippen LogP contribution is 2.41. The molecule has 4 nitrogen and oxygen atoms in total. The van der Waals surface area contributed by atoms with E-state index >= 15 is 0 Å². The first-order valence-corrected chi connectivity index (χ1v) is 8.52. The van der Waals surface area contributed by atoms with Gasteiger partial charge in [0.25, 0.3) is 0 Å². The first kappa shape index (κ1) is 16.8. The van der Waals surface area contributed by atoms with E-state index in [9.17, 15) is 4.79 Å². The van der Waals surface area contributed by atoms with E-state index in [1.165, 1.54) is 19.3 Å². The molecule has 1 atom stereocenters. The van der Waals surface area contributed by atoms with E-state index in [0.29, 0.717) is 12.5 Å². The molecule has 1 saturated heterocycles. The van der Waals surface area contributed by atoms with Crippen molar-refractivity contribution in [3.05, 3.63) is 0 Å². The van der Waals surface area contributed by atoms with Crippen molar-refractivity contribution >= 4 is 5.91 Å². The van der Waals surface area contributed by atoms with Crippen LogP contribution in [-0.2, 0) is 4.79 Å². The Morgan fingerprint density at radius 1 is 1.19 bits per heavy atom. The van der Waals surface area contributed by atoms with E-state index in [1.807, 2.05) is 0 Å². The maximum absolute atomic E-state index is 12.9. The number of amides is 1. The van der Waals surface area contributed by atoms with Gasteiger partial charge in [0.05, 0.1) is 0 Å². The van der Waals surface area contributed by atoms with Crippen molar-refractivity contribution < 1.29 is 4.79 Å². The number of hydrogen-bond acceptors (Lipinski definition) is 3. The lowest BCUT2D eigenvalue weighted by molar-refractivity contribution is -0.143. The summed E-state index contributed by atoms with van der Waals surface area (Å²) in [4.78, 5) is 17.4. The van der Waals surface area contributed by atoms with Crippen LogP contribution in [0.3, 0.4) is 0 Å². The van der Waals surface area contributed by atoms with Gasteiger partial charge in [-0.15, -0.1) is 0 Å². The smallest absolute Gasteiger partial charge is 0.226 e. The minimum Gasteiger partial charge on any atom is -0.340 e. The molecular formula is C17H33N3O. The van der Waals surface area contributed by atoms with Crippen molar-refractivity contribution in [2.24, 2.45) is 17.1 Å². The average Bonchev–Trinajstić information content (AvgIpc) is 2.46. The number of piperazine rings is 1. The van der Waals surface area contributed by atoms with Crippen molar-refractivity contribution in [1.82, 2.24) is 9.80 Å². The SMILES string of the molecule is CC1(C)CCCCC1C(=O)N1CCN(C(C)(C)CN)CC1. The molecule has 21 heavy (non-hydrogen) atoms. The highest BCUT2D eigenvalue weighted by atomic mass is 16.2. The van der Waals surface area contributed by atoms with Crippen LogP contribution in [0.4, 0.5) is 0 Å². The van der Waals surface area contributed by atoms with Crippen LogP contribution in [0.1, 0.15) is 53.4 Å². The predicted molar refractivity (Wildman–Crippen MR) is 87.0 cm³/mol. The normalized spacial score (nSPS) is 27.7. The van der Waals surface area contributed by atoms with Gasteiger partial charge in [0, 0.05) is 44.2 Å². The summed E-state index contributed by atoms with van der Waals surface area (Å²) >= 11 is 0. The minimum atomic E-state index is 0.0409. The Bertz CT molecular complexity index is 370. The third-order valence-corrected chi connectivity index (χ3v) is 5.75. The third kappa shape index (κ3) is 3.59. The Kier molecular flexibility index (Phi) is 4.99. The van der Waals surface area contributed by atoms with Crippen LogP contribution in [0, 0.1) is 11.3 Å². The topological polar surface area (TPSA) is 49.6 Å². The molecule has 1 saturated carbocycles. The van der Waals surface area contributed by atoms with Gasteiger partial charge in [0.2, 0.25) is 5.91 Å². The summed E-state index contributed by atoms with van der Waals surface area (Å²) in [5.41, 5.74) is 6.07. The fraction of sp³-hybridized carbons (Fsp3) is 0.941. The molecule has 4 heteroatoms. The van der Waals surface area contributed by atoms with Crippen molar-refractivity contribution in [1.29, 1.82) is 0 Å². The van der Waals surface area contributed by atoms with E-state index in [0.717, 1.165) is 32.6 Å². The van der Waals surface area contributed by atoms with E-state index < -0.39 is 0 Å². The van der Waals surface area contributed by atoms with Gasteiger partial charge < -0.3 is 10.6 Å². The molecular weight excluding hydrogens is 262 g/mol. The summed E-state index contributed by atoms with van der Waals surface area (Å²) in [6.45, 7) is 13.2. The summed E-state index contributed by atoms with van der Waals surface area (Å²) in [6.07, 6.45) is 4.74. The summed E-state index contributed by atoms with van der Waals surface area (Å²) in [5, 5.41) is 0. The first-order valence-electron chi connectivity index (χ1n) is 8.52. The molecule has 2 rings (SSSR count). The Morgan fingerprint density at radius 2 is 1.81 bits per heavy atom. The predicted octanol–water partition coefficient (Wildman–Crippen LogP) is 2.08. The van der Waals surface area contributed by atoms with Gasteiger partial charge in [-0.3, -0.25) is 9.69 Å². The molecule has 2 aliphatic rings. The van der Waals surface area contributed by atoms with Crippen LogP contribution in [0.25, 0.3) is 0 Å². The van der Waals surface area contributed by atoms with Gasteiger partial charge in [-0.1, -0.05) is 26.7 Å². The molecule has 1 amide bonds. The van der Waals surface area contributed by atoms with Crippen LogP contribution in [0.5, 0.6) is 0 Å². The number of nitrogens with two attached hydrogens (primary N) is 1. The van der Waals surface area contributed by atoms with Gasteiger partial charge in [0.1, 0.15) is 0 Å². The molecule has 1 heterocycles. The van der Waals surface area contributed by atoms with Crippen LogP contribution < -0.4 is 5.73 Å². The van der Waals surface area contributed by atoms with Crippen LogP contribution in [0.15, 0.2) is 0 Å². The lowest BCUT2D eigenvalue weighted by atomic mass is 9.68. The molecule has 0 spiro atoms. The monoisotopic (exact) mass is 295 g/mol. The molecule has 0 aromatic rings. The van der Waals surface area contributed by atoms with E-state index in [4.69, 9.17) is 5.73 Å². The number of nitrogens with zero attached hydrogens (tertiary/aromatic N) is 2. The summed E-state index contributed by atoms with van der Waals surface area (Å²) in [7, 11) is 0. The Morgan fingerprint density at radius 3 is 2.33 bits per heavy atom. The largest absolute Gasteiger partial charge is 0.340 e. The second kappa shape index (κ2) is 6.25. The number of hydrogen-bond donors (Lipinski definition) is 1. The average molecular weight is 295 g/mol. The molecule has 0 radical (unpaired) electrons. The zero-order valence-electron chi connectivity index (χ0n) is 14.3. The maximum atomic E-state index is 12.9. The fourth-order valence-corrected chi connectivity index (χ4v) is 3.83. The number of carbonyl (C=O) groups is 1. The Labute approximate surface area is 130 Å². The quantitative estimate of drug-likeness (QED) is 0.867. The molecule has 2 fully saturated rings. The highest BCUT2D eigenvalue weighted by molar-refractivity contribution is 5.79. The second-order valence-electron chi connectivity index (χ2n) is 8.12. The Balaban J connectivity index is 1.94. The van der Waals surface area contributed by atoms with Gasteiger partial charge in [0.15, 0.2) is 0 Å². The first-order chi connectivity index (χ1) is 9.78. The Hall–Kier alpha value is -0.610. The van der Waals surface area contributed by atoms with Crippen molar-refractivity contribution in [3.8, 4) is 0 Å². The van der Waals surface area contributed by atoms with Gasteiger partial charge in [-0.05, 0) is 32.1 Å². The minimum absolute atomic E-state index is 0.0409. The molecule has 0 bridgehead atoms. The zero-order chi connectivity index (χ0) is 15.7. The van der Waals surface area contributed by atoms with Crippen molar-refractivity contribution in [2.45, 2.75) is 58.9 Å². The summed E-state index contributed by atoms with van der Waals surface area (Å²) in [5.74, 6) is 0.616. The van der Waals surface area contributed by atoms with Crippen molar-refractivity contribution in [3.63, 3.8) is 0 Å². The van der Waals surface area contributed by atoms with E-state index in [2.05, 4.69) is 37.5 Å². The van der Waals surface area contributed by atoms with Gasteiger partial charge >= 0.3 is 0 Å². The lowest BCUT2D eigenvalue weighted by Crippen LogP contribution is -2.59. The van der Waals surface area contributed by atoms with Gasteiger partial charge in [-0.25, -0.2) is 0 Å². The molecule has 2 N–H and O–H groups in total. The molecule has 1 aliphatic heterocycles. The lowest BCUT2D eigenvalue weighted by Gasteiger charge is -2.46. The van der Waals surface area contributed by atoms with E-state index in [1.54, 1.807) is 0 Å². The molecule has 1 aliphatic carbocycles.